The Labute approximate surface area is 135 Å². The number of carbonyl (C=O) groups is 1. The molecule has 1 fully saturated rings. The maximum absolute atomic E-state index is 9.06. The number of piperidine rings is 1. The highest BCUT2D eigenvalue weighted by molar-refractivity contribution is 5.44. The van der Waals surface area contributed by atoms with Gasteiger partial charge in [-0.05, 0) is 61.7 Å². The van der Waals surface area contributed by atoms with Gasteiger partial charge < -0.3 is 10.6 Å². The van der Waals surface area contributed by atoms with Gasteiger partial charge in [0.05, 0.1) is 0 Å². The third-order valence-electron chi connectivity index (χ3n) is 4.21. The molecular weight excluding hydrogens is 272 g/mol. The molecule has 0 radical (unpaired) electrons. The highest BCUT2D eigenvalue weighted by atomic mass is 16.1. The van der Waals surface area contributed by atoms with E-state index in [0.717, 1.165) is 12.3 Å². The fourth-order valence-electron chi connectivity index (χ4n) is 2.81. The molecule has 22 heavy (non-hydrogen) atoms. The van der Waals surface area contributed by atoms with Crippen LogP contribution in [0, 0.1) is 0 Å². The molecule has 1 aliphatic rings. The van der Waals surface area contributed by atoms with E-state index in [4.69, 9.17) is 4.79 Å². The minimum Gasteiger partial charge on any atom is -0.362 e. The molecule has 1 heterocycles. The topological polar surface area (TPSA) is 41.1 Å². The molecule has 1 aromatic rings. The molecule has 1 unspecified atom stereocenters. The van der Waals surface area contributed by atoms with Gasteiger partial charge in [0.2, 0.25) is 6.41 Å². The first kappa shape index (κ1) is 18.4. The van der Waals surface area contributed by atoms with Crippen LogP contribution in [0.3, 0.4) is 0 Å². The third-order valence-corrected chi connectivity index (χ3v) is 4.21. The van der Waals surface area contributed by atoms with Crippen LogP contribution in [-0.4, -0.2) is 26.5 Å². The lowest BCUT2D eigenvalue weighted by Gasteiger charge is -2.24. The average molecular weight is 302 g/mol. The maximum atomic E-state index is 9.06. The summed E-state index contributed by atoms with van der Waals surface area (Å²) >= 11 is 0. The molecule has 1 aromatic carbocycles. The van der Waals surface area contributed by atoms with E-state index in [1.165, 1.54) is 37.9 Å². The number of hydrogen-bond donors (Lipinski definition) is 2. The Morgan fingerprint density at radius 3 is 2.68 bits per heavy atom. The number of benzene rings is 1. The first-order chi connectivity index (χ1) is 10.7. The number of allylic oxidation sites excluding steroid dienone is 1. The molecule has 0 aromatic heterocycles. The van der Waals surface area contributed by atoms with E-state index in [-0.39, 0.29) is 0 Å². The van der Waals surface area contributed by atoms with Gasteiger partial charge in [-0.3, -0.25) is 4.79 Å². The van der Waals surface area contributed by atoms with E-state index in [2.05, 4.69) is 48.4 Å². The number of rotatable bonds is 6. The minimum atomic E-state index is 0.625. The molecule has 2 N–H and O–H groups in total. The average Bonchev–Trinajstić information content (AvgIpc) is 2.60. The van der Waals surface area contributed by atoms with Crippen molar-refractivity contribution in [3.8, 4) is 0 Å². The molecule has 1 atom stereocenters. The molecule has 1 aliphatic heterocycles. The quantitative estimate of drug-likeness (QED) is 0.623. The third kappa shape index (κ3) is 6.44. The Balaban J connectivity index is 0.000000541. The highest BCUT2D eigenvalue weighted by Gasteiger charge is 2.16. The van der Waals surface area contributed by atoms with Crippen LogP contribution in [0.15, 0.2) is 36.9 Å². The summed E-state index contributed by atoms with van der Waals surface area (Å²) in [7, 11) is 1.56. The van der Waals surface area contributed by atoms with Gasteiger partial charge in [-0.2, -0.15) is 0 Å². The van der Waals surface area contributed by atoms with Gasteiger partial charge in [-0.1, -0.05) is 37.3 Å². The van der Waals surface area contributed by atoms with Crippen LogP contribution in [-0.2, 0) is 4.79 Å². The molecule has 0 aliphatic carbocycles. The second kappa shape index (κ2) is 11.0. The first-order valence-electron chi connectivity index (χ1n) is 8.25. The van der Waals surface area contributed by atoms with Crippen LogP contribution < -0.4 is 10.6 Å². The van der Waals surface area contributed by atoms with E-state index in [1.54, 1.807) is 12.6 Å². The van der Waals surface area contributed by atoms with Crippen LogP contribution in [0.4, 0.5) is 0 Å². The van der Waals surface area contributed by atoms with Crippen molar-refractivity contribution in [3.63, 3.8) is 0 Å². The normalized spacial score (nSPS) is 16.1. The van der Waals surface area contributed by atoms with Crippen molar-refractivity contribution >= 4 is 6.41 Å². The Morgan fingerprint density at radius 2 is 2.09 bits per heavy atom. The Bertz CT molecular complexity index is 439. The summed E-state index contributed by atoms with van der Waals surface area (Å²) in [6, 6.07) is 9.25. The van der Waals surface area contributed by atoms with E-state index in [0.29, 0.717) is 12.3 Å². The molecule has 0 bridgehead atoms. The second-order valence-electron chi connectivity index (χ2n) is 5.87. The monoisotopic (exact) mass is 302 g/mol. The predicted molar refractivity (Wildman–Crippen MR) is 94.3 cm³/mol. The summed E-state index contributed by atoms with van der Waals surface area (Å²) in [4.78, 5) is 9.06. The van der Waals surface area contributed by atoms with Crippen molar-refractivity contribution in [2.75, 3.05) is 20.1 Å². The second-order valence-corrected chi connectivity index (χ2v) is 5.87. The standard InChI is InChI=1S/C17H25N.C2H5NO/c1-3-4-6-14(2)16-7-5-8-17(13-16)15-9-11-18-12-10-15;1-3-2-4/h3,5,7-8,13-15,18H,1,4,6,9-12H2,2H3;2H,1H3,(H,3,4). The lowest BCUT2D eigenvalue weighted by atomic mass is 9.87. The van der Waals surface area contributed by atoms with E-state index in [1.807, 2.05) is 6.08 Å². The molecule has 2 rings (SSSR count). The molecule has 122 valence electrons. The molecule has 0 spiro atoms. The molecule has 1 saturated heterocycles. The summed E-state index contributed by atoms with van der Waals surface area (Å²) in [5.41, 5.74) is 3.03. The lowest BCUT2D eigenvalue weighted by molar-refractivity contribution is -0.109. The Kier molecular flexibility index (Phi) is 9.24. The molecule has 1 amide bonds. The molecule has 3 heteroatoms. The highest BCUT2D eigenvalue weighted by Crippen LogP contribution is 2.29. The smallest absolute Gasteiger partial charge is 0.206 e. The number of amides is 1. The maximum Gasteiger partial charge on any atom is 0.206 e. The van der Waals surface area contributed by atoms with Crippen molar-refractivity contribution in [1.82, 2.24) is 10.6 Å². The SMILES string of the molecule is C=CCCC(C)c1cccc(C2CCNCC2)c1.CNC=O. The Morgan fingerprint density at radius 1 is 1.41 bits per heavy atom. The van der Waals surface area contributed by atoms with Crippen molar-refractivity contribution in [3.05, 3.63) is 48.0 Å². The van der Waals surface area contributed by atoms with Crippen molar-refractivity contribution < 1.29 is 4.79 Å². The van der Waals surface area contributed by atoms with Gasteiger partial charge in [0.1, 0.15) is 0 Å². The van der Waals surface area contributed by atoms with Crippen LogP contribution in [0.5, 0.6) is 0 Å². The molecule has 0 saturated carbocycles. The van der Waals surface area contributed by atoms with Crippen LogP contribution in [0.2, 0.25) is 0 Å². The van der Waals surface area contributed by atoms with E-state index in [9.17, 15) is 0 Å². The summed E-state index contributed by atoms with van der Waals surface area (Å²) < 4.78 is 0. The van der Waals surface area contributed by atoms with E-state index < -0.39 is 0 Å². The lowest BCUT2D eigenvalue weighted by Crippen LogP contribution is -2.26. The van der Waals surface area contributed by atoms with Crippen LogP contribution >= 0.6 is 0 Å². The largest absolute Gasteiger partial charge is 0.362 e. The summed E-state index contributed by atoms with van der Waals surface area (Å²) in [6.45, 7) is 8.47. The van der Waals surface area contributed by atoms with Crippen molar-refractivity contribution in [1.29, 1.82) is 0 Å². The first-order valence-corrected chi connectivity index (χ1v) is 8.25. The zero-order valence-corrected chi connectivity index (χ0v) is 14.0. The van der Waals surface area contributed by atoms with Gasteiger partial charge in [-0.25, -0.2) is 0 Å². The summed E-state index contributed by atoms with van der Waals surface area (Å²) in [5, 5.41) is 5.69. The van der Waals surface area contributed by atoms with E-state index >= 15 is 0 Å². The van der Waals surface area contributed by atoms with Gasteiger partial charge >= 0.3 is 0 Å². The summed E-state index contributed by atoms with van der Waals surface area (Å²) in [5.74, 6) is 1.41. The van der Waals surface area contributed by atoms with Crippen molar-refractivity contribution in [2.24, 2.45) is 0 Å². The zero-order chi connectivity index (χ0) is 16.2. The van der Waals surface area contributed by atoms with Gasteiger partial charge in [0.15, 0.2) is 0 Å². The number of hydrogen-bond acceptors (Lipinski definition) is 2. The van der Waals surface area contributed by atoms with Gasteiger partial charge in [0, 0.05) is 7.05 Å². The van der Waals surface area contributed by atoms with Gasteiger partial charge in [0.25, 0.3) is 0 Å². The molecule has 3 nitrogen and oxygen atoms in total. The zero-order valence-electron chi connectivity index (χ0n) is 14.0. The van der Waals surface area contributed by atoms with Crippen LogP contribution in [0.1, 0.15) is 55.6 Å². The fourth-order valence-corrected chi connectivity index (χ4v) is 2.81. The fraction of sp³-hybridized carbons (Fsp3) is 0.526. The Hall–Kier alpha value is -1.61. The van der Waals surface area contributed by atoms with Crippen molar-refractivity contribution in [2.45, 2.75) is 44.4 Å². The van der Waals surface area contributed by atoms with Gasteiger partial charge in [-0.15, -0.1) is 6.58 Å². The van der Waals surface area contributed by atoms with Crippen LogP contribution in [0.25, 0.3) is 0 Å². The molecular formula is C19H30N2O. The number of nitrogens with one attached hydrogen (secondary N) is 2. The predicted octanol–water partition coefficient (Wildman–Crippen LogP) is 3.59. The number of carbonyl (C=O) groups excluding carboxylic acids is 1. The summed E-state index contributed by atoms with van der Waals surface area (Å²) in [6.07, 6.45) is 7.53. The minimum absolute atomic E-state index is 0.625.